The fourth-order valence-electron chi connectivity index (χ4n) is 2.86. The van der Waals surface area contributed by atoms with Crippen LogP contribution in [-0.2, 0) is 5.75 Å². The first-order valence-corrected chi connectivity index (χ1v) is 9.54. The van der Waals surface area contributed by atoms with E-state index in [0.29, 0.717) is 16.7 Å². The molecule has 0 amide bonds. The van der Waals surface area contributed by atoms with Crippen molar-refractivity contribution in [2.75, 3.05) is 0 Å². The van der Waals surface area contributed by atoms with Crippen LogP contribution in [0.5, 0.6) is 0 Å². The molecule has 0 aliphatic rings. The Balaban J connectivity index is 1.79. The Bertz CT molecular complexity index is 1110. The Labute approximate surface area is 164 Å². The summed E-state index contributed by atoms with van der Waals surface area (Å²) in [6, 6.07) is 12.8. The lowest BCUT2D eigenvalue weighted by Gasteiger charge is -2.11. The second kappa shape index (κ2) is 7.55. The van der Waals surface area contributed by atoms with E-state index in [4.69, 9.17) is 4.52 Å². The number of aromatic nitrogens is 4. The molecular weight excluding hydrogens is 382 g/mol. The van der Waals surface area contributed by atoms with E-state index in [-0.39, 0.29) is 5.69 Å². The van der Waals surface area contributed by atoms with Crippen LogP contribution in [0.15, 0.2) is 58.2 Å². The summed E-state index contributed by atoms with van der Waals surface area (Å²) in [7, 11) is 0. The molecule has 0 saturated heterocycles. The summed E-state index contributed by atoms with van der Waals surface area (Å²) in [4.78, 5) is 0. The minimum absolute atomic E-state index is 0.187. The molecule has 0 bridgehead atoms. The van der Waals surface area contributed by atoms with Crippen molar-refractivity contribution in [1.82, 2.24) is 19.9 Å². The van der Waals surface area contributed by atoms with Crippen LogP contribution in [0.25, 0.3) is 17.1 Å². The summed E-state index contributed by atoms with van der Waals surface area (Å²) in [6.07, 6.45) is 0. The maximum absolute atomic E-state index is 14.6. The summed E-state index contributed by atoms with van der Waals surface area (Å²) < 4.78 is 34.8. The molecule has 0 saturated carbocycles. The van der Waals surface area contributed by atoms with Crippen LogP contribution in [0.2, 0.25) is 0 Å². The van der Waals surface area contributed by atoms with Crippen molar-refractivity contribution >= 4 is 11.8 Å². The first-order valence-electron chi connectivity index (χ1n) is 8.55. The van der Waals surface area contributed by atoms with Crippen molar-refractivity contribution in [2.24, 2.45) is 0 Å². The Morgan fingerprint density at radius 3 is 2.50 bits per heavy atom. The van der Waals surface area contributed by atoms with Gasteiger partial charge in [0.25, 0.3) is 0 Å². The third kappa shape index (κ3) is 3.43. The SMILES string of the molecule is Cc1noc(C)c1CSc1nnc(-c2ccccc2)n1-c1ccc(F)cc1F. The molecule has 8 heteroatoms. The lowest BCUT2D eigenvalue weighted by atomic mass is 10.2. The zero-order valence-electron chi connectivity index (χ0n) is 15.2. The maximum Gasteiger partial charge on any atom is 0.196 e. The van der Waals surface area contributed by atoms with Crippen molar-refractivity contribution in [3.63, 3.8) is 0 Å². The van der Waals surface area contributed by atoms with Crippen LogP contribution >= 0.6 is 11.8 Å². The van der Waals surface area contributed by atoms with Gasteiger partial charge < -0.3 is 4.52 Å². The van der Waals surface area contributed by atoms with Crippen molar-refractivity contribution in [2.45, 2.75) is 24.8 Å². The van der Waals surface area contributed by atoms with E-state index in [9.17, 15) is 8.78 Å². The number of nitrogens with zero attached hydrogens (tertiary/aromatic N) is 4. The summed E-state index contributed by atoms with van der Waals surface area (Å²) in [5.74, 6) is 0.424. The molecule has 0 unspecified atom stereocenters. The van der Waals surface area contributed by atoms with Gasteiger partial charge in [0.1, 0.15) is 17.4 Å². The average molecular weight is 398 g/mol. The van der Waals surface area contributed by atoms with Gasteiger partial charge in [0.15, 0.2) is 11.0 Å². The first kappa shape index (κ1) is 18.4. The lowest BCUT2D eigenvalue weighted by molar-refractivity contribution is 0.392. The molecular formula is C20H16F2N4OS. The van der Waals surface area contributed by atoms with E-state index in [2.05, 4.69) is 15.4 Å². The predicted molar refractivity (Wildman–Crippen MR) is 102 cm³/mol. The molecule has 5 nitrogen and oxygen atoms in total. The molecule has 0 spiro atoms. The molecule has 2 heterocycles. The summed E-state index contributed by atoms with van der Waals surface area (Å²) >= 11 is 1.39. The molecule has 2 aromatic heterocycles. The third-order valence-electron chi connectivity index (χ3n) is 4.34. The standard InChI is InChI=1S/C20H16F2N4OS/c1-12-16(13(2)27-25-12)11-28-20-24-23-19(14-6-4-3-5-7-14)26(20)18-9-8-15(21)10-17(18)22/h3-10H,11H2,1-2H3. The Morgan fingerprint density at radius 2 is 1.82 bits per heavy atom. The van der Waals surface area contributed by atoms with Gasteiger partial charge in [-0.3, -0.25) is 4.57 Å². The zero-order chi connectivity index (χ0) is 19.7. The van der Waals surface area contributed by atoms with Gasteiger partial charge in [0.05, 0.1) is 11.4 Å². The summed E-state index contributed by atoms with van der Waals surface area (Å²) in [5.41, 5.74) is 2.72. The second-order valence-corrected chi connectivity index (χ2v) is 7.14. The van der Waals surface area contributed by atoms with Crippen molar-refractivity contribution in [3.05, 3.63) is 77.2 Å². The van der Waals surface area contributed by atoms with Gasteiger partial charge in [0, 0.05) is 22.9 Å². The molecule has 0 N–H and O–H groups in total. The van der Waals surface area contributed by atoms with Gasteiger partial charge >= 0.3 is 0 Å². The highest BCUT2D eigenvalue weighted by Gasteiger charge is 2.20. The number of benzene rings is 2. The van der Waals surface area contributed by atoms with Gasteiger partial charge in [-0.1, -0.05) is 47.3 Å². The van der Waals surface area contributed by atoms with Gasteiger partial charge in [-0.25, -0.2) is 8.78 Å². The van der Waals surface area contributed by atoms with E-state index >= 15 is 0 Å². The smallest absolute Gasteiger partial charge is 0.196 e. The minimum atomic E-state index is -0.684. The second-order valence-electron chi connectivity index (χ2n) is 6.19. The Kier molecular flexibility index (Phi) is 4.95. The van der Waals surface area contributed by atoms with E-state index < -0.39 is 11.6 Å². The van der Waals surface area contributed by atoms with Gasteiger partial charge in [-0.15, -0.1) is 10.2 Å². The van der Waals surface area contributed by atoms with Crippen LogP contribution in [0.4, 0.5) is 8.78 Å². The highest BCUT2D eigenvalue weighted by atomic mass is 32.2. The van der Waals surface area contributed by atoms with E-state index in [1.165, 1.54) is 23.9 Å². The van der Waals surface area contributed by atoms with Gasteiger partial charge in [0.2, 0.25) is 0 Å². The number of hydrogen-bond acceptors (Lipinski definition) is 5. The van der Waals surface area contributed by atoms with Crippen molar-refractivity contribution in [3.8, 4) is 17.1 Å². The van der Waals surface area contributed by atoms with Crippen molar-refractivity contribution in [1.29, 1.82) is 0 Å². The van der Waals surface area contributed by atoms with E-state index in [1.54, 1.807) is 4.57 Å². The number of rotatable bonds is 5. The number of halogens is 2. The van der Waals surface area contributed by atoms with Gasteiger partial charge in [-0.2, -0.15) is 0 Å². The third-order valence-corrected chi connectivity index (χ3v) is 5.30. The molecule has 0 atom stereocenters. The van der Waals surface area contributed by atoms with Gasteiger partial charge in [-0.05, 0) is 26.0 Å². The molecule has 0 aliphatic carbocycles. The Morgan fingerprint density at radius 1 is 1.04 bits per heavy atom. The van der Waals surface area contributed by atoms with Crippen LogP contribution < -0.4 is 0 Å². The molecule has 28 heavy (non-hydrogen) atoms. The predicted octanol–water partition coefficient (Wildman–Crippen LogP) is 5.11. The molecule has 0 radical (unpaired) electrons. The monoisotopic (exact) mass is 398 g/mol. The normalized spacial score (nSPS) is 11.1. The van der Waals surface area contributed by atoms with Crippen molar-refractivity contribution < 1.29 is 13.3 Å². The molecule has 2 aromatic carbocycles. The number of thioether (sulfide) groups is 1. The Hall–Kier alpha value is -3.00. The summed E-state index contributed by atoms with van der Waals surface area (Å²) in [6.45, 7) is 3.71. The van der Waals surface area contributed by atoms with Crippen LogP contribution in [0.1, 0.15) is 17.0 Å². The maximum atomic E-state index is 14.6. The van der Waals surface area contributed by atoms with E-state index in [1.807, 2.05) is 44.2 Å². The first-order chi connectivity index (χ1) is 13.5. The highest BCUT2D eigenvalue weighted by molar-refractivity contribution is 7.98. The average Bonchev–Trinajstić information content (AvgIpc) is 3.24. The minimum Gasteiger partial charge on any atom is -0.361 e. The zero-order valence-corrected chi connectivity index (χ0v) is 16.0. The van der Waals surface area contributed by atoms with E-state index in [0.717, 1.165) is 28.6 Å². The molecule has 4 aromatic rings. The van der Waals surface area contributed by atoms with Crippen LogP contribution in [-0.4, -0.2) is 19.9 Å². The topological polar surface area (TPSA) is 56.7 Å². The van der Waals surface area contributed by atoms with Crippen LogP contribution in [0.3, 0.4) is 0 Å². The number of hydrogen-bond donors (Lipinski definition) is 0. The largest absolute Gasteiger partial charge is 0.361 e. The van der Waals surface area contributed by atoms with Crippen LogP contribution in [0, 0.1) is 25.5 Å². The number of aryl methyl sites for hydroxylation is 2. The molecule has 4 rings (SSSR count). The molecule has 142 valence electrons. The summed E-state index contributed by atoms with van der Waals surface area (Å²) in [5, 5.41) is 13.0. The molecule has 0 aliphatic heterocycles. The highest BCUT2D eigenvalue weighted by Crippen LogP contribution is 2.32. The molecule has 0 fully saturated rings. The lowest BCUT2D eigenvalue weighted by Crippen LogP contribution is -2.03. The fourth-order valence-corrected chi connectivity index (χ4v) is 3.96. The quantitative estimate of drug-likeness (QED) is 0.437. The fraction of sp³-hybridized carbons (Fsp3) is 0.150.